The summed E-state index contributed by atoms with van der Waals surface area (Å²) < 4.78 is 12.8. The Labute approximate surface area is 159 Å². The summed E-state index contributed by atoms with van der Waals surface area (Å²) in [4.78, 5) is 13.3. The topological polar surface area (TPSA) is 81.2 Å². The van der Waals surface area contributed by atoms with Crippen molar-refractivity contribution < 1.29 is 14.3 Å². The molecule has 2 aromatic heterocycles. The minimum atomic E-state index is -0.127. The standard InChI is InChI=1S/C17H18N4O3S2/c1-23-12-6-5-11(10-13(12)24-2)18-15(22)7-8-21-16(19-20-17(21)25)14-4-3-9-26-14/h3-6,9-10H,7-8H2,1-2H3,(H,18,22)(H,20,25). The van der Waals surface area contributed by atoms with Gasteiger partial charge in [-0.25, -0.2) is 0 Å². The van der Waals surface area contributed by atoms with Crippen molar-refractivity contribution in [2.24, 2.45) is 0 Å². The van der Waals surface area contributed by atoms with E-state index in [-0.39, 0.29) is 12.3 Å². The van der Waals surface area contributed by atoms with Gasteiger partial charge in [-0.15, -0.1) is 11.3 Å². The number of ether oxygens (including phenoxy) is 2. The van der Waals surface area contributed by atoms with Gasteiger partial charge in [0.1, 0.15) is 0 Å². The average Bonchev–Trinajstić information content (AvgIpc) is 3.29. The van der Waals surface area contributed by atoms with Crippen LogP contribution in [0.3, 0.4) is 0 Å². The first kappa shape index (κ1) is 18.2. The number of hydrogen-bond donors (Lipinski definition) is 2. The van der Waals surface area contributed by atoms with Gasteiger partial charge in [0.05, 0.1) is 19.1 Å². The summed E-state index contributed by atoms with van der Waals surface area (Å²) in [5, 5.41) is 11.9. The van der Waals surface area contributed by atoms with Gasteiger partial charge in [0.2, 0.25) is 5.91 Å². The van der Waals surface area contributed by atoms with Gasteiger partial charge >= 0.3 is 0 Å². The molecule has 7 nitrogen and oxygen atoms in total. The number of nitrogens with zero attached hydrogens (tertiary/aromatic N) is 2. The molecule has 9 heteroatoms. The number of hydrogen-bond acceptors (Lipinski definition) is 6. The Hall–Kier alpha value is -2.65. The highest BCUT2D eigenvalue weighted by atomic mass is 32.1. The number of aromatic amines is 1. The number of anilines is 1. The molecule has 2 N–H and O–H groups in total. The lowest BCUT2D eigenvalue weighted by Crippen LogP contribution is -2.15. The Morgan fingerprint density at radius 3 is 2.81 bits per heavy atom. The molecule has 0 radical (unpaired) electrons. The molecule has 0 aliphatic rings. The minimum Gasteiger partial charge on any atom is -0.493 e. The van der Waals surface area contributed by atoms with Gasteiger partial charge in [0, 0.05) is 24.7 Å². The van der Waals surface area contributed by atoms with E-state index in [4.69, 9.17) is 21.7 Å². The van der Waals surface area contributed by atoms with Crippen LogP contribution in [-0.2, 0) is 11.3 Å². The third kappa shape index (κ3) is 3.94. The predicted octanol–water partition coefficient (Wildman–Crippen LogP) is 3.72. The molecule has 0 aliphatic carbocycles. The summed E-state index contributed by atoms with van der Waals surface area (Å²) >= 11 is 6.85. The third-order valence-corrected chi connectivity index (χ3v) is 4.91. The molecule has 3 aromatic rings. The van der Waals surface area contributed by atoms with E-state index in [2.05, 4.69) is 15.5 Å². The van der Waals surface area contributed by atoms with E-state index in [0.717, 1.165) is 10.7 Å². The normalized spacial score (nSPS) is 10.5. The van der Waals surface area contributed by atoms with Gasteiger partial charge in [-0.2, -0.15) is 5.10 Å². The van der Waals surface area contributed by atoms with E-state index in [1.54, 1.807) is 43.8 Å². The number of carbonyl (C=O) groups is 1. The number of carbonyl (C=O) groups excluding carboxylic acids is 1. The molecule has 3 rings (SSSR count). The van der Waals surface area contributed by atoms with E-state index in [0.29, 0.717) is 28.5 Å². The highest BCUT2D eigenvalue weighted by Crippen LogP contribution is 2.29. The molecule has 26 heavy (non-hydrogen) atoms. The first-order valence-corrected chi connectivity index (χ1v) is 9.12. The number of benzene rings is 1. The fourth-order valence-corrected chi connectivity index (χ4v) is 3.42. The summed E-state index contributed by atoms with van der Waals surface area (Å²) in [6.07, 6.45) is 0.264. The fourth-order valence-electron chi connectivity index (χ4n) is 2.47. The zero-order valence-electron chi connectivity index (χ0n) is 14.3. The molecule has 0 saturated heterocycles. The first-order valence-electron chi connectivity index (χ1n) is 7.83. The van der Waals surface area contributed by atoms with E-state index < -0.39 is 0 Å². The molecule has 0 saturated carbocycles. The maximum atomic E-state index is 12.3. The lowest BCUT2D eigenvalue weighted by Gasteiger charge is -2.11. The molecule has 0 bridgehead atoms. The van der Waals surface area contributed by atoms with Crippen LogP contribution in [0, 0.1) is 4.77 Å². The Bertz CT molecular complexity index is 947. The number of rotatable bonds is 7. The summed E-state index contributed by atoms with van der Waals surface area (Å²) in [6, 6.07) is 9.15. The van der Waals surface area contributed by atoms with Crippen LogP contribution < -0.4 is 14.8 Å². The van der Waals surface area contributed by atoms with Crippen LogP contribution in [0.5, 0.6) is 11.5 Å². The Morgan fingerprint density at radius 2 is 2.12 bits per heavy atom. The first-order chi connectivity index (χ1) is 12.6. The van der Waals surface area contributed by atoms with Crippen molar-refractivity contribution in [3.05, 3.63) is 40.5 Å². The predicted molar refractivity (Wildman–Crippen MR) is 104 cm³/mol. The SMILES string of the molecule is COc1ccc(NC(=O)CCn2c(-c3cccs3)n[nH]c2=S)cc1OC. The molecule has 0 aliphatic heterocycles. The van der Waals surface area contributed by atoms with Crippen molar-refractivity contribution in [1.82, 2.24) is 14.8 Å². The van der Waals surface area contributed by atoms with E-state index in [9.17, 15) is 4.79 Å². The van der Waals surface area contributed by atoms with Gasteiger partial charge in [0.15, 0.2) is 22.1 Å². The summed E-state index contributed by atoms with van der Waals surface area (Å²) in [5.74, 6) is 1.78. The van der Waals surface area contributed by atoms with E-state index in [1.807, 2.05) is 22.1 Å². The zero-order valence-corrected chi connectivity index (χ0v) is 15.9. The third-order valence-electron chi connectivity index (χ3n) is 3.73. The quantitative estimate of drug-likeness (QED) is 0.601. The fraction of sp³-hybridized carbons (Fsp3) is 0.235. The van der Waals surface area contributed by atoms with Gasteiger partial charge in [-0.05, 0) is 35.8 Å². The van der Waals surface area contributed by atoms with Crippen LogP contribution in [0.15, 0.2) is 35.7 Å². The molecule has 136 valence electrons. The highest BCUT2D eigenvalue weighted by molar-refractivity contribution is 7.71. The van der Waals surface area contributed by atoms with Gasteiger partial charge < -0.3 is 14.8 Å². The van der Waals surface area contributed by atoms with Crippen molar-refractivity contribution in [1.29, 1.82) is 0 Å². The molecule has 0 atom stereocenters. The molecular weight excluding hydrogens is 372 g/mol. The lowest BCUT2D eigenvalue weighted by molar-refractivity contribution is -0.116. The monoisotopic (exact) mass is 390 g/mol. The van der Waals surface area contributed by atoms with Gasteiger partial charge in [-0.3, -0.25) is 14.5 Å². The van der Waals surface area contributed by atoms with Crippen molar-refractivity contribution in [3.63, 3.8) is 0 Å². The van der Waals surface area contributed by atoms with Crippen LogP contribution in [0.1, 0.15) is 6.42 Å². The number of methoxy groups -OCH3 is 2. The molecule has 0 unspecified atom stereocenters. The Kier molecular flexibility index (Phi) is 5.69. The highest BCUT2D eigenvalue weighted by Gasteiger charge is 2.12. The lowest BCUT2D eigenvalue weighted by atomic mass is 10.2. The van der Waals surface area contributed by atoms with Crippen LogP contribution in [0.25, 0.3) is 10.7 Å². The Morgan fingerprint density at radius 1 is 1.31 bits per heavy atom. The summed E-state index contributed by atoms with van der Waals surface area (Å²) in [5.41, 5.74) is 0.641. The molecule has 2 heterocycles. The van der Waals surface area contributed by atoms with Crippen molar-refractivity contribution >= 4 is 35.1 Å². The molecule has 1 aromatic carbocycles. The second-order valence-electron chi connectivity index (χ2n) is 5.35. The molecule has 0 fully saturated rings. The van der Waals surface area contributed by atoms with Crippen LogP contribution in [0.2, 0.25) is 0 Å². The number of aromatic nitrogens is 3. The van der Waals surface area contributed by atoms with Crippen LogP contribution in [0.4, 0.5) is 5.69 Å². The molecular formula is C17H18N4O3S2. The molecule has 1 amide bonds. The van der Waals surface area contributed by atoms with Crippen molar-refractivity contribution in [2.45, 2.75) is 13.0 Å². The largest absolute Gasteiger partial charge is 0.493 e. The number of H-pyrrole nitrogens is 1. The number of thiophene rings is 1. The maximum Gasteiger partial charge on any atom is 0.226 e. The zero-order chi connectivity index (χ0) is 18.5. The summed E-state index contributed by atoms with van der Waals surface area (Å²) in [6.45, 7) is 0.432. The van der Waals surface area contributed by atoms with E-state index in [1.165, 1.54) is 0 Å². The van der Waals surface area contributed by atoms with Crippen LogP contribution in [-0.4, -0.2) is 34.9 Å². The number of amides is 1. The van der Waals surface area contributed by atoms with Gasteiger partial charge in [0.25, 0.3) is 0 Å². The Balaban J connectivity index is 1.67. The summed E-state index contributed by atoms with van der Waals surface area (Å²) in [7, 11) is 3.12. The van der Waals surface area contributed by atoms with E-state index >= 15 is 0 Å². The average molecular weight is 390 g/mol. The van der Waals surface area contributed by atoms with Crippen molar-refractivity contribution in [3.8, 4) is 22.2 Å². The van der Waals surface area contributed by atoms with Crippen LogP contribution >= 0.6 is 23.6 Å². The number of nitrogens with one attached hydrogen (secondary N) is 2. The second-order valence-corrected chi connectivity index (χ2v) is 6.68. The van der Waals surface area contributed by atoms with Gasteiger partial charge in [-0.1, -0.05) is 6.07 Å². The minimum absolute atomic E-state index is 0.127. The smallest absolute Gasteiger partial charge is 0.226 e. The van der Waals surface area contributed by atoms with Crippen molar-refractivity contribution in [2.75, 3.05) is 19.5 Å². The maximum absolute atomic E-state index is 12.3. The molecule has 0 spiro atoms. The second kappa shape index (κ2) is 8.15.